The molecule has 15 heavy (non-hydrogen) atoms. The van der Waals surface area contributed by atoms with E-state index in [0.29, 0.717) is 11.7 Å². The molecule has 2 aromatic rings. The van der Waals surface area contributed by atoms with Crippen LogP contribution < -0.4 is 0 Å². The van der Waals surface area contributed by atoms with Gasteiger partial charge in [-0.1, -0.05) is 16.6 Å². The summed E-state index contributed by atoms with van der Waals surface area (Å²) in [6, 6.07) is 0. The second-order valence-corrected chi connectivity index (χ2v) is 4.38. The van der Waals surface area contributed by atoms with Crippen LogP contribution in [-0.4, -0.2) is 19.7 Å². The largest absolute Gasteiger partial charge is 0.333 e. The van der Waals surface area contributed by atoms with Crippen molar-refractivity contribution in [3.63, 3.8) is 0 Å². The van der Waals surface area contributed by atoms with Gasteiger partial charge in [0.1, 0.15) is 4.88 Å². The zero-order valence-corrected chi connectivity index (χ0v) is 9.84. The maximum absolute atomic E-state index is 5.84. The van der Waals surface area contributed by atoms with Gasteiger partial charge in [-0.25, -0.2) is 0 Å². The molecule has 80 valence electrons. The van der Waals surface area contributed by atoms with Crippen LogP contribution in [0.1, 0.15) is 30.7 Å². The molecule has 0 aromatic carbocycles. The first-order chi connectivity index (χ1) is 7.22. The van der Waals surface area contributed by atoms with Crippen molar-refractivity contribution < 1.29 is 4.52 Å². The van der Waals surface area contributed by atoms with E-state index in [1.807, 2.05) is 6.92 Å². The quantitative estimate of drug-likeness (QED) is 0.776. The van der Waals surface area contributed by atoms with Crippen molar-refractivity contribution in [1.82, 2.24) is 19.7 Å². The number of hydrogen-bond acceptors (Lipinski definition) is 6. The van der Waals surface area contributed by atoms with E-state index in [4.69, 9.17) is 16.1 Å². The highest BCUT2D eigenvalue weighted by molar-refractivity contribution is 7.09. The van der Waals surface area contributed by atoms with Crippen LogP contribution in [0.25, 0.3) is 10.8 Å². The molecular weight excluding hydrogens is 236 g/mol. The number of aryl methyl sites for hydroxylation is 1. The summed E-state index contributed by atoms with van der Waals surface area (Å²) in [6.45, 7) is 3.80. The Morgan fingerprint density at radius 1 is 1.53 bits per heavy atom. The van der Waals surface area contributed by atoms with Crippen molar-refractivity contribution in [2.24, 2.45) is 0 Å². The first kappa shape index (κ1) is 10.5. The van der Waals surface area contributed by atoms with E-state index in [-0.39, 0.29) is 5.38 Å². The van der Waals surface area contributed by atoms with Gasteiger partial charge in [0.05, 0.1) is 11.1 Å². The van der Waals surface area contributed by atoms with Gasteiger partial charge >= 0.3 is 0 Å². The van der Waals surface area contributed by atoms with Crippen molar-refractivity contribution in [2.75, 3.05) is 0 Å². The Balaban J connectivity index is 2.37. The molecule has 0 bridgehead atoms. The summed E-state index contributed by atoms with van der Waals surface area (Å²) in [5.41, 5.74) is 0.873. The Hall–Kier alpha value is -1.01. The number of halogens is 1. The van der Waals surface area contributed by atoms with Gasteiger partial charge in [0.25, 0.3) is 5.89 Å². The van der Waals surface area contributed by atoms with Crippen LogP contribution in [0.3, 0.4) is 0 Å². The highest BCUT2D eigenvalue weighted by Gasteiger charge is 2.17. The van der Waals surface area contributed by atoms with Crippen LogP contribution in [0.15, 0.2) is 4.52 Å². The summed E-state index contributed by atoms with van der Waals surface area (Å²) < 4.78 is 8.95. The third kappa shape index (κ3) is 2.00. The second-order valence-electron chi connectivity index (χ2n) is 2.98. The number of nitrogens with zero attached hydrogens (tertiary/aromatic N) is 4. The van der Waals surface area contributed by atoms with E-state index in [9.17, 15) is 0 Å². The summed E-state index contributed by atoms with van der Waals surface area (Å²) >= 11 is 7.09. The molecule has 0 fully saturated rings. The molecule has 0 amide bonds. The summed E-state index contributed by atoms with van der Waals surface area (Å²) in [4.78, 5) is 5.01. The first-order valence-electron chi connectivity index (χ1n) is 4.51. The molecule has 2 heterocycles. The molecular formula is C8H9ClN4OS. The third-order valence-corrected chi connectivity index (χ3v) is 2.83. The van der Waals surface area contributed by atoms with Gasteiger partial charge in [-0.15, -0.1) is 16.7 Å². The summed E-state index contributed by atoms with van der Waals surface area (Å²) in [6.07, 6.45) is 0.792. The highest BCUT2D eigenvalue weighted by atomic mass is 35.5. The van der Waals surface area contributed by atoms with Crippen LogP contribution in [0, 0.1) is 0 Å². The lowest BCUT2D eigenvalue weighted by molar-refractivity contribution is 0.423. The van der Waals surface area contributed by atoms with Crippen molar-refractivity contribution >= 4 is 23.1 Å². The van der Waals surface area contributed by atoms with Crippen molar-refractivity contribution in [2.45, 2.75) is 25.6 Å². The lowest BCUT2D eigenvalue weighted by atomic mass is 10.3. The fourth-order valence-electron chi connectivity index (χ4n) is 1.09. The minimum Gasteiger partial charge on any atom is -0.333 e. The van der Waals surface area contributed by atoms with Crippen molar-refractivity contribution in [1.29, 1.82) is 0 Å². The smallest absolute Gasteiger partial charge is 0.271 e. The average molecular weight is 245 g/mol. The Labute approximate surface area is 95.6 Å². The van der Waals surface area contributed by atoms with Crippen LogP contribution in [-0.2, 0) is 6.42 Å². The summed E-state index contributed by atoms with van der Waals surface area (Å²) in [7, 11) is 0. The number of rotatable bonds is 3. The van der Waals surface area contributed by atoms with E-state index < -0.39 is 0 Å². The zero-order chi connectivity index (χ0) is 10.8. The van der Waals surface area contributed by atoms with E-state index in [1.54, 1.807) is 6.92 Å². The number of alkyl halides is 1. The molecule has 0 saturated carbocycles. The highest BCUT2D eigenvalue weighted by Crippen LogP contribution is 2.26. The van der Waals surface area contributed by atoms with Crippen LogP contribution in [0.4, 0.5) is 0 Å². The minimum atomic E-state index is -0.256. The monoisotopic (exact) mass is 244 g/mol. The number of hydrogen-bond donors (Lipinski definition) is 0. The fourth-order valence-corrected chi connectivity index (χ4v) is 1.85. The maximum Gasteiger partial charge on any atom is 0.271 e. The van der Waals surface area contributed by atoms with Crippen molar-refractivity contribution in [3.05, 3.63) is 11.5 Å². The lowest BCUT2D eigenvalue weighted by Gasteiger charge is -1.90. The van der Waals surface area contributed by atoms with E-state index in [0.717, 1.165) is 17.0 Å². The van der Waals surface area contributed by atoms with Gasteiger partial charge in [0, 0.05) is 0 Å². The third-order valence-electron chi connectivity index (χ3n) is 1.88. The summed E-state index contributed by atoms with van der Waals surface area (Å²) in [5.74, 6) is 0.937. The van der Waals surface area contributed by atoms with Crippen molar-refractivity contribution in [3.8, 4) is 10.8 Å². The molecule has 0 radical (unpaired) electrons. The molecule has 5 nitrogen and oxygen atoms in total. The van der Waals surface area contributed by atoms with Gasteiger partial charge in [-0.2, -0.15) is 4.98 Å². The van der Waals surface area contributed by atoms with Crippen LogP contribution >= 0.6 is 23.1 Å². The maximum atomic E-state index is 5.84. The molecule has 0 spiro atoms. The molecule has 2 rings (SSSR count). The normalized spacial score (nSPS) is 13.0. The van der Waals surface area contributed by atoms with E-state index >= 15 is 0 Å². The molecule has 1 atom stereocenters. The molecule has 7 heteroatoms. The Morgan fingerprint density at radius 3 is 2.93 bits per heavy atom. The van der Waals surface area contributed by atoms with Gasteiger partial charge in [-0.3, -0.25) is 0 Å². The molecule has 0 aliphatic heterocycles. The standard InChI is InChI=1S/C8H9ClN4OS/c1-3-5-6(15-13-11-5)8-10-7(4(2)9)12-14-8/h4H,3H2,1-2H3. The van der Waals surface area contributed by atoms with Gasteiger partial charge in [-0.05, 0) is 24.9 Å². The SMILES string of the molecule is CCc1nnsc1-c1nc(C(C)Cl)no1. The van der Waals surface area contributed by atoms with E-state index in [1.165, 1.54) is 11.5 Å². The van der Waals surface area contributed by atoms with Crippen LogP contribution in [0.2, 0.25) is 0 Å². The first-order valence-corrected chi connectivity index (χ1v) is 5.72. The topological polar surface area (TPSA) is 64.7 Å². The molecule has 0 N–H and O–H groups in total. The Kier molecular flexibility index (Phi) is 2.97. The van der Waals surface area contributed by atoms with E-state index in [2.05, 4.69) is 19.7 Å². The molecule has 0 saturated heterocycles. The lowest BCUT2D eigenvalue weighted by Crippen LogP contribution is -1.87. The minimum absolute atomic E-state index is 0.256. The predicted molar refractivity (Wildman–Crippen MR) is 56.8 cm³/mol. The predicted octanol–water partition coefficient (Wildman–Crippen LogP) is 2.45. The Morgan fingerprint density at radius 2 is 2.33 bits per heavy atom. The van der Waals surface area contributed by atoms with Gasteiger partial charge in [0.2, 0.25) is 0 Å². The average Bonchev–Trinajstić information content (AvgIpc) is 2.85. The second kappa shape index (κ2) is 4.24. The zero-order valence-electron chi connectivity index (χ0n) is 8.27. The summed E-state index contributed by atoms with van der Waals surface area (Å²) in [5, 5.41) is 7.50. The molecule has 2 aromatic heterocycles. The Bertz CT molecular complexity index is 453. The molecule has 0 aliphatic carbocycles. The molecule has 0 aliphatic rings. The van der Waals surface area contributed by atoms with Gasteiger partial charge < -0.3 is 4.52 Å². The fraction of sp³-hybridized carbons (Fsp3) is 0.500. The van der Waals surface area contributed by atoms with Gasteiger partial charge in [0.15, 0.2) is 5.82 Å². The number of aromatic nitrogens is 4. The van der Waals surface area contributed by atoms with Crippen LogP contribution in [0.5, 0.6) is 0 Å². The molecule has 1 unspecified atom stereocenters.